The number of rotatable bonds is 3. The minimum atomic E-state index is -0.720. The summed E-state index contributed by atoms with van der Waals surface area (Å²) in [5.41, 5.74) is 11.1. The third-order valence-corrected chi connectivity index (χ3v) is 2.31. The summed E-state index contributed by atoms with van der Waals surface area (Å²) in [5, 5.41) is 5.66. The average molecular weight is 225 g/mol. The lowest BCUT2D eigenvalue weighted by Gasteiger charge is -1.86. The zero-order chi connectivity index (χ0) is 10.8. The van der Waals surface area contributed by atoms with Crippen molar-refractivity contribution < 1.29 is 9.32 Å². The smallest absolute Gasteiger partial charge is 0.290 e. The number of amides is 1. The molecule has 0 aliphatic heterocycles. The summed E-state index contributed by atoms with van der Waals surface area (Å²) in [5.74, 6) is -0.565. The highest BCUT2D eigenvalue weighted by Crippen LogP contribution is 2.13. The predicted molar refractivity (Wildman–Crippen MR) is 52.1 cm³/mol. The summed E-state index contributed by atoms with van der Waals surface area (Å²) in [6.07, 6.45) is 0.341. The van der Waals surface area contributed by atoms with Gasteiger partial charge in [0.1, 0.15) is 0 Å². The second-order valence-corrected chi connectivity index (χ2v) is 3.62. The third kappa shape index (κ3) is 2.10. The molecule has 8 heteroatoms. The van der Waals surface area contributed by atoms with Crippen LogP contribution in [0.5, 0.6) is 0 Å². The highest BCUT2D eigenvalue weighted by molar-refractivity contribution is 7.13. The van der Waals surface area contributed by atoms with Gasteiger partial charge >= 0.3 is 0 Å². The Morgan fingerprint density at radius 3 is 2.87 bits per heavy atom. The molecule has 2 heterocycles. The summed E-state index contributed by atoms with van der Waals surface area (Å²) in [6, 6.07) is 0. The van der Waals surface area contributed by atoms with Crippen molar-refractivity contribution in [3.05, 3.63) is 22.8 Å². The minimum absolute atomic E-state index is 0.131. The number of thiazole rings is 1. The molecule has 78 valence electrons. The second kappa shape index (κ2) is 3.65. The standard InChI is InChI=1S/C7H7N5O2S/c8-5(13)6-11-4(14-12-6)1-3-2-15-7(9)10-3/h2H,1H2,(H2,8,13)(H2,9,10). The first-order valence-electron chi connectivity index (χ1n) is 3.97. The van der Waals surface area contributed by atoms with E-state index in [9.17, 15) is 4.79 Å². The lowest BCUT2D eigenvalue weighted by molar-refractivity contribution is 0.0987. The van der Waals surface area contributed by atoms with Gasteiger partial charge in [-0.05, 0) is 0 Å². The topological polar surface area (TPSA) is 121 Å². The van der Waals surface area contributed by atoms with Gasteiger partial charge < -0.3 is 16.0 Å². The fourth-order valence-corrected chi connectivity index (χ4v) is 1.55. The monoisotopic (exact) mass is 225 g/mol. The highest BCUT2D eigenvalue weighted by Gasteiger charge is 2.12. The number of carbonyl (C=O) groups excluding carboxylic acids is 1. The Bertz CT molecular complexity index is 491. The molecule has 0 spiro atoms. The lowest BCUT2D eigenvalue weighted by atomic mass is 10.3. The van der Waals surface area contributed by atoms with E-state index in [1.54, 1.807) is 5.38 Å². The van der Waals surface area contributed by atoms with Crippen LogP contribution in [0.2, 0.25) is 0 Å². The van der Waals surface area contributed by atoms with Crippen molar-refractivity contribution in [1.29, 1.82) is 0 Å². The van der Waals surface area contributed by atoms with Crippen molar-refractivity contribution in [2.45, 2.75) is 6.42 Å². The summed E-state index contributed by atoms with van der Waals surface area (Å²) in [6.45, 7) is 0. The third-order valence-electron chi connectivity index (χ3n) is 1.59. The molecule has 2 rings (SSSR count). The van der Waals surface area contributed by atoms with Gasteiger partial charge in [0.2, 0.25) is 5.89 Å². The Balaban J connectivity index is 2.14. The van der Waals surface area contributed by atoms with E-state index in [2.05, 4.69) is 15.1 Å². The van der Waals surface area contributed by atoms with Crippen molar-refractivity contribution in [2.75, 3.05) is 5.73 Å². The number of aromatic nitrogens is 3. The van der Waals surface area contributed by atoms with E-state index in [0.29, 0.717) is 11.6 Å². The highest BCUT2D eigenvalue weighted by atomic mass is 32.1. The Hall–Kier alpha value is -1.96. The van der Waals surface area contributed by atoms with E-state index in [1.165, 1.54) is 11.3 Å². The van der Waals surface area contributed by atoms with Crippen LogP contribution in [0.1, 0.15) is 22.2 Å². The van der Waals surface area contributed by atoms with Crippen LogP contribution in [0.4, 0.5) is 5.13 Å². The molecule has 0 aromatic carbocycles. The zero-order valence-electron chi connectivity index (χ0n) is 7.51. The first-order chi connectivity index (χ1) is 7.15. The van der Waals surface area contributed by atoms with Crippen molar-refractivity contribution in [3.8, 4) is 0 Å². The molecule has 1 amide bonds. The molecule has 0 fully saturated rings. The van der Waals surface area contributed by atoms with Gasteiger partial charge in [-0.25, -0.2) is 4.98 Å². The van der Waals surface area contributed by atoms with Crippen molar-refractivity contribution in [3.63, 3.8) is 0 Å². The number of primary amides is 1. The van der Waals surface area contributed by atoms with Gasteiger partial charge in [-0.1, -0.05) is 5.16 Å². The predicted octanol–water partition coefficient (Wildman–Crippen LogP) is -0.202. The van der Waals surface area contributed by atoms with Crippen LogP contribution in [-0.4, -0.2) is 21.0 Å². The van der Waals surface area contributed by atoms with Crippen LogP contribution in [-0.2, 0) is 6.42 Å². The van der Waals surface area contributed by atoms with E-state index >= 15 is 0 Å². The molecule has 0 aliphatic carbocycles. The zero-order valence-corrected chi connectivity index (χ0v) is 8.32. The summed E-state index contributed by atoms with van der Waals surface area (Å²) in [7, 11) is 0. The fourth-order valence-electron chi connectivity index (χ4n) is 0.986. The fraction of sp³-hybridized carbons (Fsp3) is 0.143. The normalized spacial score (nSPS) is 10.4. The number of nitrogens with zero attached hydrogens (tertiary/aromatic N) is 3. The Morgan fingerprint density at radius 2 is 2.33 bits per heavy atom. The first kappa shape index (κ1) is 9.59. The molecule has 2 aromatic rings. The van der Waals surface area contributed by atoms with Crippen LogP contribution in [0.3, 0.4) is 0 Å². The average Bonchev–Trinajstić information content (AvgIpc) is 2.76. The number of nitrogens with two attached hydrogens (primary N) is 2. The Morgan fingerprint density at radius 1 is 1.53 bits per heavy atom. The quantitative estimate of drug-likeness (QED) is 0.745. The van der Waals surface area contributed by atoms with E-state index < -0.39 is 5.91 Å². The largest absolute Gasteiger partial charge is 0.375 e. The molecular formula is C7H7N5O2S. The van der Waals surface area contributed by atoms with Crippen LogP contribution in [0.25, 0.3) is 0 Å². The van der Waals surface area contributed by atoms with Gasteiger partial charge in [0, 0.05) is 5.38 Å². The molecule has 0 saturated heterocycles. The SMILES string of the molecule is NC(=O)c1noc(Cc2csc(N)n2)n1. The number of hydrogen-bond acceptors (Lipinski definition) is 7. The van der Waals surface area contributed by atoms with Crippen LogP contribution >= 0.6 is 11.3 Å². The Labute approximate surface area is 88.1 Å². The molecular weight excluding hydrogens is 218 g/mol. The number of carbonyl (C=O) groups is 1. The van der Waals surface area contributed by atoms with Crippen molar-refractivity contribution >= 4 is 22.4 Å². The summed E-state index contributed by atoms with van der Waals surface area (Å²) >= 11 is 1.32. The molecule has 0 aliphatic rings. The van der Waals surface area contributed by atoms with Crippen LogP contribution in [0, 0.1) is 0 Å². The van der Waals surface area contributed by atoms with Crippen LogP contribution < -0.4 is 11.5 Å². The maximum absolute atomic E-state index is 10.7. The molecule has 0 unspecified atom stereocenters. The lowest BCUT2D eigenvalue weighted by Crippen LogP contribution is -2.12. The van der Waals surface area contributed by atoms with E-state index in [-0.39, 0.29) is 11.7 Å². The van der Waals surface area contributed by atoms with E-state index in [1.807, 2.05) is 0 Å². The van der Waals surface area contributed by atoms with Crippen molar-refractivity contribution in [2.24, 2.45) is 5.73 Å². The van der Waals surface area contributed by atoms with Gasteiger partial charge in [0.25, 0.3) is 11.7 Å². The minimum Gasteiger partial charge on any atom is -0.375 e. The van der Waals surface area contributed by atoms with Crippen molar-refractivity contribution in [1.82, 2.24) is 15.1 Å². The summed E-state index contributed by atoms with van der Waals surface area (Å²) in [4.78, 5) is 18.5. The van der Waals surface area contributed by atoms with E-state index in [4.69, 9.17) is 16.0 Å². The molecule has 15 heavy (non-hydrogen) atoms. The Kier molecular flexibility index (Phi) is 2.34. The number of anilines is 1. The van der Waals surface area contributed by atoms with Gasteiger partial charge in [0.15, 0.2) is 5.13 Å². The van der Waals surface area contributed by atoms with Gasteiger partial charge in [-0.3, -0.25) is 4.79 Å². The molecule has 0 bridgehead atoms. The molecule has 0 saturated carbocycles. The van der Waals surface area contributed by atoms with E-state index in [0.717, 1.165) is 5.69 Å². The molecule has 7 nitrogen and oxygen atoms in total. The summed E-state index contributed by atoms with van der Waals surface area (Å²) < 4.78 is 4.80. The molecule has 0 atom stereocenters. The van der Waals surface area contributed by atoms with Gasteiger partial charge in [0.05, 0.1) is 12.1 Å². The van der Waals surface area contributed by atoms with Gasteiger partial charge in [-0.15, -0.1) is 11.3 Å². The second-order valence-electron chi connectivity index (χ2n) is 2.73. The maximum Gasteiger partial charge on any atom is 0.290 e. The number of nitrogen functional groups attached to an aromatic ring is 1. The molecule has 4 N–H and O–H groups in total. The van der Waals surface area contributed by atoms with Gasteiger partial charge in [-0.2, -0.15) is 4.98 Å². The first-order valence-corrected chi connectivity index (χ1v) is 4.85. The molecule has 0 radical (unpaired) electrons. The molecule has 2 aromatic heterocycles. The number of hydrogen-bond donors (Lipinski definition) is 2. The maximum atomic E-state index is 10.7. The van der Waals surface area contributed by atoms with Crippen LogP contribution in [0.15, 0.2) is 9.90 Å².